The van der Waals surface area contributed by atoms with E-state index in [4.69, 9.17) is 21.3 Å². The van der Waals surface area contributed by atoms with Crippen LogP contribution in [0.15, 0.2) is 72.9 Å². The van der Waals surface area contributed by atoms with Crippen LogP contribution in [-0.2, 0) is 0 Å². The van der Waals surface area contributed by atoms with Crippen molar-refractivity contribution in [1.29, 1.82) is 0 Å². The van der Waals surface area contributed by atoms with Gasteiger partial charge in [0.15, 0.2) is 0 Å². The summed E-state index contributed by atoms with van der Waals surface area (Å²) in [6, 6.07) is 21.4. The highest BCUT2D eigenvalue weighted by Gasteiger charge is 2.21. The fourth-order valence-electron chi connectivity index (χ4n) is 4.44. The number of nitrogens with one attached hydrogen (secondary N) is 1. The molecule has 5 rings (SSSR count). The topological polar surface area (TPSA) is 57.7 Å². The van der Waals surface area contributed by atoms with Crippen molar-refractivity contribution in [3.8, 4) is 5.75 Å². The molecule has 0 bridgehead atoms. The maximum absolute atomic E-state index is 13.1. The third kappa shape index (κ3) is 4.88. The Balaban J connectivity index is 1.35. The van der Waals surface area contributed by atoms with E-state index in [1.165, 1.54) is 5.69 Å². The summed E-state index contributed by atoms with van der Waals surface area (Å²) in [5.41, 5.74) is 3.44. The average Bonchev–Trinajstić information content (AvgIpc) is 2.90. The summed E-state index contributed by atoms with van der Waals surface area (Å²) in [5.74, 6) is 1.60. The van der Waals surface area contributed by atoms with Crippen molar-refractivity contribution >= 4 is 45.5 Å². The number of hydrogen-bond acceptors (Lipinski definition) is 5. The van der Waals surface area contributed by atoms with Crippen LogP contribution in [0.2, 0.25) is 5.02 Å². The van der Waals surface area contributed by atoms with Crippen LogP contribution in [0.25, 0.3) is 10.8 Å². The maximum Gasteiger partial charge on any atom is 0.255 e. The molecule has 1 amide bonds. The molecule has 7 heteroatoms. The summed E-state index contributed by atoms with van der Waals surface area (Å²) in [6.45, 7) is 5.41. The first-order valence-electron chi connectivity index (χ1n) is 11.6. The van der Waals surface area contributed by atoms with Gasteiger partial charge >= 0.3 is 0 Å². The third-order valence-electron chi connectivity index (χ3n) is 6.47. The summed E-state index contributed by atoms with van der Waals surface area (Å²) in [4.78, 5) is 22.4. The molecule has 1 fully saturated rings. The van der Waals surface area contributed by atoms with Crippen LogP contribution < -0.4 is 19.9 Å². The van der Waals surface area contributed by atoms with E-state index in [0.29, 0.717) is 16.3 Å². The van der Waals surface area contributed by atoms with Gasteiger partial charge < -0.3 is 19.9 Å². The van der Waals surface area contributed by atoms with Gasteiger partial charge in [-0.1, -0.05) is 23.7 Å². The lowest BCUT2D eigenvalue weighted by Crippen LogP contribution is -2.46. The quantitative estimate of drug-likeness (QED) is 0.387. The number of aromatic nitrogens is 1. The Labute approximate surface area is 210 Å². The number of ether oxygens (including phenoxy) is 1. The number of amides is 1. The third-order valence-corrected chi connectivity index (χ3v) is 6.71. The highest BCUT2D eigenvalue weighted by molar-refractivity contribution is 6.31. The van der Waals surface area contributed by atoms with E-state index in [9.17, 15) is 4.79 Å². The molecule has 2 heterocycles. The number of hydrogen-bond donors (Lipinski definition) is 1. The molecule has 4 aromatic rings. The van der Waals surface area contributed by atoms with Gasteiger partial charge in [-0.25, -0.2) is 4.98 Å². The first kappa shape index (κ1) is 23.0. The number of nitrogens with zero attached hydrogens (tertiary/aromatic N) is 3. The molecular weight excluding hydrogens is 460 g/mol. The predicted molar refractivity (Wildman–Crippen MR) is 143 cm³/mol. The van der Waals surface area contributed by atoms with Crippen LogP contribution in [-0.4, -0.2) is 44.2 Å². The van der Waals surface area contributed by atoms with Crippen LogP contribution in [0.3, 0.4) is 0 Å². The van der Waals surface area contributed by atoms with E-state index in [1.54, 1.807) is 13.2 Å². The molecule has 1 N–H and O–H groups in total. The maximum atomic E-state index is 13.1. The molecule has 1 aliphatic heterocycles. The smallest absolute Gasteiger partial charge is 0.255 e. The van der Waals surface area contributed by atoms with E-state index >= 15 is 0 Å². The van der Waals surface area contributed by atoms with Crippen LogP contribution in [0, 0.1) is 6.92 Å². The Bertz CT molecular complexity index is 1370. The molecule has 35 heavy (non-hydrogen) atoms. The number of carbonyl (C=O) groups is 1. The van der Waals surface area contributed by atoms with Crippen molar-refractivity contribution < 1.29 is 9.53 Å². The highest BCUT2D eigenvalue weighted by Crippen LogP contribution is 2.29. The lowest BCUT2D eigenvalue weighted by molar-refractivity contribution is 0.102. The molecule has 0 aliphatic carbocycles. The SMILES string of the molecule is COc1ccc(N2CCN(c3nccc4ccc(C(=O)Nc5cc(Cl)ccc5C)cc34)CC2)cc1. The molecule has 0 atom stereocenters. The molecule has 0 unspecified atom stereocenters. The van der Waals surface area contributed by atoms with E-state index in [2.05, 4.69) is 27.2 Å². The monoisotopic (exact) mass is 486 g/mol. The summed E-state index contributed by atoms with van der Waals surface area (Å²) in [5, 5.41) is 5.61. The average molecular weight is 487 g/mol. The van der Waals surface area contributed by atoms with Gasteiger partial charge in [0.1, 0.15) is 11.6 Å². The van der Waals surface area contributed by atoms with Crippen molar-refractivity contribution in [3.05, 3.63) is 89.1 Å². The number of benzene rings is 3. The van der Waals surface area contributed by atoms with Gasteiger partial charge in [0.05, 0.1) is 7.11 Å². The Hall–Kier alpha value is -3.77. The first-order chi connectivity index (χ1) is 17.0. The normalized spacial score (nSPS) is 13.7. The van der Waals surface area contributed by atoms with Crippen LogP contribution in [0.5, 0.6) is 5.75 Å². The molecule has 1 aromatic heterocycles. The minimum Gasteiger partial charge on any atom is -0.497 e. The minimum atomic E-state index is -0.170. The Morgan fingerprint density at radius 1 is 0.943 bits per heavy atom. The van der Waals surface area contributed by atoms with Gasteiger partial charge in [-0.2, -0.15) is 0 Å². The Morgan fingerprint density at radius 2 is 1.69 bits per heavy atom. The number of fused-ring (bicyclic) bond motifs is 1. The molecule has 6 nitrogen and oxygen atoms in total. The number of anilines is 3. The van der Waals surface area contributed by atoms with Crippen molar-refractivity contribution in [2.24, 2.45) is 0 Å². The second-order valence-corrected chi connectivity index (χ2v) is 9.09. The molecule has 3 aromatic carbocycles. The van der Waals surface area contributed by atoms with Crippen molar-refractivity contribution in [2.75, 3.05) is 48.4 Å². The number of carbonyl (C=O) groups excluding carboxylic acids is 1. The standard InChI is InChI=1S/C28H27ClN4O2/c1-19-3-6-22(29)18-26(19)31-28(34)21-5-4-20-11-12-30-27(25(20)17-21)33-15-13-32(14-16-33)23-7-9-24(35-2)10-8-23/h3-12,17-18H,13-16H2,1-2H3,(H,31,34). The molecule has 0 radical (unpaired) electrons. The number of aryl methyl sites for hydroxylation is 1. The zero-order valence-corrected chi connectivity index (χ0v) is 20.5. The zero-order chi connectivity index (χ0) is 24.4. The largest absolute Gasteiger partial charge is 0.497 e. The molecule has 0 spiro atoms. The number of rotatable bonds is 5. The molecule has 0 saturated carbocycles. The van der Waals surface area contributed by atoms with Gasteiger partial charge in [0.2, 0.25) is 0 Å². The summed E-state index contributed by atoms with van der Waals surface area (Å²) in [7, 11) is 1.68. The molecular formula is C28H27ClN4O2. The fourth-order valence-corrected chi connectivity index (χ4v) is 4.61. The van der Waals surface area contributed by atoms with Crippen LogP contribution >= 0.6 is 11.6 Å². The Morgan fingerprint density at radius 3 is 2.43 bits per heavy atom. The van der Waals surface area contributed by atoms with Gasteiger partial charge in [-0.15, -0.1) is 0 Å². The number of pyridine rings is 1. The Kier molecular flexibility index (Phi) is 6.47. The van der Waals surface area contributed by atoms with Crippen LogP contribution in [0.4, 0.5) is 17.2 Å². The van der Waals surface area contributed by atoms with Gasteiger partial charge in [0.25, 0.3) is 5.91 Å². The lowest BCUT2D eigenvalue weighted by atomic mass is 10.1. The minimum absolute atomic E-state index is 0.170. The number of piperazine rings is 1. The molecule has 178 valence electrons. The predicted octanol–water partition coefficient (Wildman–Crippen LogP) is 5.78. The van der Waals surface area contributed by atoms with Crippen LogP contribution in [0.1, 0.15) is 15.9 Å². The summed E-state index contributed by atoms with van der Waals surface area (Å²) in [6.07, 6.45) is 1.84. The van der Waals surface area contributed by atoms with E-state index < -0.39 is 0 Å². The zero-order valence-electron chi connectivity index (χ0n) is 19.8. The van der Waals surface area contributed by atoms with Gasteiger partial charge in [-0.05, 0) is 72.5 Å². The fraction of sp³-hybridized carbons (Fsp3) is 0.214. The summed E-state index contributed by atoms with van der Waals surface area (Å²) < 4.78 is 5.27. The second kappa shape index (κ2) is 9.84. The molecule has 1 saturated heterocycles. The van der Waals surface area contributed by atoms with E-state index in [0.717, 1.165) is 54.1 Å². The number of methoxy groups -OCH3 is 1. The van der Waals surface area contributed by atoms with E-state index in [-0.39, 0.29) is 5.91 Å². The number of halogens is 1. The summed E-state index contributed by atoms with van der Waals surface area (Å²) >= 11 is 6.12. The highest BCUT2D eigenvalue weighted by atomic mass is 35.5. The van der Waals surface area contributed by atoms with Gasteiger partial charge in [-0.3, -0.25) is 4.79 Å². The van der Waals surface area contributed by atoms with Crippen molar-refractivity contribution in [3.63, 3.8) is 0 Å². The lowest BCUT2D eigenvalue weighted by Gasteiger charge is -2.37. The molecule has 1 aliphatic rings. The van der Waals surface area contributed by atoms with E-state index in [1.807, 2.05) is 61.7 Å². The van der Waals surface area contributed by atoms with Crippen molar-refractivity contribution in [1.82, 2.24) is 4.98 Å². The van der Waals surface area contributed by atoms with Crippen molar-refractivity contribution in [2.45, 2.75) is 6.92 Å². The second-order valence-electron chi connectivity index (χ2n) is 8.66. The van der Waals surface area contributed by atoms with Gasteiger partial charge in [0, 0.05) is 59.7 Å². The first-order valence-corrected chi connectivity index (χ1v) is 12.0.